The van der Waals surface area contributed by atoms with Crippen LogP contribution in [0, 0.1) is 11.7 Å². The Hall–Kier alpha value is -3.25. The van der Waals surface area contributed by atoms with Gasteiger partial charge >= 0.3 is 24.7 Å². The van der Waals surface area contributed by atoms with Crippen LogP contribution in [0.5, 0.6) is 0 Å². The molecule has 1 saturated carbocycles. The van der Waals surface area contributed by atoms with Crippen molar-refractivity contribution in [3.63, 3.8) is 0 Å². The molecular weight excluding hydrogens is 575 g/mol. The third-order valence-corrected chi connectivity index (χ3v) is 7.92. The molecule has 1 fully saturated rings. The molecule has 0 radical (unpaired) electrons. The van der Waals surface area contributed by atoms with Crippen molar-refractivity contribution in [1.82, 2.24) is 0 Å². The van der Waals surface area contributed by atoms with E-state index in [1.165, 1.54) is 0 Å². The maximum atomic E-state index is 13.5. The van der Waals surface area contributed by atoms with E-state index in [0.29, 0.717) is 5.82 Å². The Morgan fingerprint density at radius 3 is 0.951 bits per heavy atom. The number of alkyl halides is 12. The minimum atomic E-state index is -4.74. The molecule has 13 heteroatoms. The van der Waals surface area contributed by atoms with Crippen LogP contribution in [-0.2, 0) is 18.5 Å². The summed E-state index contributed by atoms with van der Waals surface area (Å²) >= 11 is 0. The van der Waals surface area contributed by atoms with Crippen LogP contribution in [0.1, 0.15) is 42.4 Å². The summed E-state index contributed by atoms with van der Waals surface area (Å²) in [6.07, 6.45) is -22.6. The van der Waals surface area contributed by atoms with Crippen molar-refractivity contribution in [3.8, 4) is 0 Å². The second-order valence-corrected chi connectivity index (χ2v) is 10.2. The minimum Gasteiger partial charge on any atom is -0.171 e. The SMILES string of the molecule is FC(F)(F)c1ccc([B-](c2ccc(C(F)(F)F)cc2)(c2ccc(C(F)(F)F)cc2)[C+]2CCC(C(F)(F)F)CC2)cc1. The number of hydrogen-bond donors (Lipinski definition) is 0. The van der Waals surface area contributed by atoms with Gasteiger partial charge in [0.05, 0.1) is 22.6 Å². The average molecular weight is 596 g/mol. The number of benzene rings is 3. The lowest BCUT2D eigenvalue weighted by Crippen LogP contribution is -2.71. The molecule has 1 aliphatic rings. The Bertz CT molecular complexity index is 1170. The van der Waals surface area contributed by atoms with E-state index in [0.717, 1.165) is 72.8 Å². The topological polar surface area (TPSA) is 0 Å². The monoisotopic (exact) mass is 596 g/mol. The van der Waals surface area contributed by atoms with Crippen molar-refractivity contribution in [2.75, 3.05) is 0 Å². The van der Waals surface area contributed by atoms with Crippen molar-refractivity contribution in [2.45, 2.75) is 50.4 Å². The lowest BCUT2D eigenvalue weighted by Gasteiger charge is -2.43. The highest BCUT2D eigenvalue weighted by Crippen LogP contribution is 2.43. The molecule has 0 aromatic heterocycles. The molecule has 0 bridgehead atoms. The summed E-state index contributed by atoms with van der Waals surface area (Å²) in [6.45, 7) is 0. The Morgan fingerprint density at radius 1 is 0.463 bits per heavy atom. The molecule has 0 saturated heterocycles. The lowest BCUT2D eigenvalue weighted by atomic mass is 9.09. The fourth-order valence-corrected chi connectivity index (χ4v) is 5.92. The van der Waals surface area contributed by atoms with Gasteiger partial charge in [-0.1, -0.05) is 78.6 Å². The summed E-state index contributed by atoms with van der Waals surface area (Å²) in [6, 6.07) is 10.9. The zero-order valence-electron chi connectivity index (χ0n) is 20.9. The smallest absolute Gasteiger partial charge is 0.171 e. The third kappa shape index (κ3) is 6.18. The molecule has 220 valence electrons. The van der Waals surface area contributed by atoms with Gasteiger partial charge in [0.2, 0.25) is 0 Å². The molecule has 1 aliphatic carbocycles. The predicted octanol–water partition coefficient (Wildman–Crippen LogP) is 8.08. The molecule has 0 unspecified atom stereocenters. The molecule has 0 N–H and O–H groups in total. The molecule has 0 atom stereocenters. The van der Waals surface area contributed by atoms with Crippen molar-refractivity contribution >= 4 is 22.5 Å². The Morgan fingerprint density at radius 2 is 0.732 bits per heavy atom. The van der Waals surface area contributed by atoms with Gasteiger partial charge in [0.1, 0.15) is 0 Å². The summed E-state index contributed by atoms with van der Waals surface area (Å²) < 4.78 is 161. The van der Waals surface area contributed by atoms with Gasteiger partial charge in [-0.2, -0.15) is 69.1 Å². The number of hydrogen-bond acceptors (Lipinski definition) is 0. The highest BCUT2D eigenvalue weighted by Gasteiger charge is 2.52. The summed E-state index contributed by atoms with van der Waals surface area (Å²) in [5.41, 5.74) is -2.77. The first-order valence-electron chi connectivity index (χ1n) is 12.4. The summed E-state index contributed by atoms with van der Waals surface area (Å²) in [5, 5.41) is 0. The van der Waals surface area contributed by atoms with Crippen LogP contribution in [0.4, 0.5) is 52.7 Å². The maximum absolute atomic E-state index is 13.5. The molecule has 41 heavy (non-hydrogen) atoms. The van der Waals surface area contributed by atoms with Crippen molar-refractivity contribution in [1.29, 1.82) is 0 Å². The Kier molecular flexibility index (Phi) is 7.90. The van der Waals surface area contributed by atoms with E-state index in [9.17, 15) is 52.7 Å². The summed E-state index contributed by atoms with van der Waals surface area (Å²) in [4.78, 5) is 0. The van der Waals surface area contributed by atoms with Gasteiger partial charge in [-0.3, -0.25) is 0 Å². The largest absolute Gasteiger partial charge is 0.416 e. The van der Waals surface area contributed by atoms with Gasteiger partial charge in [-0.25, -0.2) is 0 Å². The minimum absolute atomic E-state index is 0.123. The number of rotatable bonds is 4. The molecule has 4 rings (SSSR count). The highest BCUT2D eigenvalue weighted by molar-refractivity contribution is 7.15. The zero-order chi connectivity index (χ0) is 30.4. The quantitative estimate of drug-likeness (QED) is 0.162. The molecule has 3 aromatic carbocycles. The van der Waals surface area contributed by atoms with Gasteiger partial charge in [0.25, 0.3) is 6.15 Å². The first kappa shape index (κ1) is 30.7. The molecule has 0 heterocycles. The van der Waals surface area contributed by atoms with Crippen LogP contribution in [0.3, 0.4) is 0 Å². The van der Waals surface area contributed by atoms with E-state index in [4.69, 9.17) is 0 Å². The molecular formula is C28H21BF12. The van der Waals surface area contributed by atoms with Gasteiger partial charge in [-0.15, -0.1) is 0 Å². The van der Waals surface area contributed by atoms with Crippen LogP contribution in [0.15, 0.2) is 72.8 Å². The first-order valence-corrected chi connectivity index (χ1v) is 12.4. The highest BCUT2D eigenvalue weighted by atomic mass is 19.4. The zero-order valence-corrected chi connectivity index (χ0v) is 20.9. The molecule has 0 nitrogen and oxygen atoms in total. The fourth-order valence-electron chi connectivity index (χ4n) is 5.92. The third-order valence-electron chi connectivity index (χ3n) is 7.92. The lowest BCUT2D eigenvalue weighted by molar-refractivity contribution is -0.180. The maximum Gasteiger partial charge on any atom is 0.416 e. The van der Waals surface area contributed by atoms with Gasteiger partial charge in [-0.05, 0) is 12.8 Å². The molecule has 0 aliphatic heterocycles. The van der Waals surface area contributed by atoms with Gasteiger partial charge in [0.15, 0.2) is 0 Å². The van der Waals surface area contributed by atoms with E-state index in [-0.39, 0.29) is 42.1 Å². The van der Waals surface area contributed by atoms with E-state index >= 15 is 0 Å². The number of halogens is 12. The first-order chi connectivity index (χ1) is 18.8. The van der Waals surface area contributed by atoms with Crippen LogP contribution in [0.25, 0.3) is 0 Å². The Labute approximate surface area is 227 Å². The summed E-state index contributed by atoms with van der Waals surface area (Å²) in [5.74, 6) is -1.28. The predicted molar refractivity (Wildman–Crippen MR) is 130 cm³/mol. The second-order valence-electron chi connectivity index (χ2n) is 10.2. The van der Waals surface area contributed by atoms with Crippen molar-refractivity contribution in [3.05, 3.63) is 95.3 Å². The van der Waals surface area contributed by atoms with E-state index < -0.39 is 53.5 Å². The molecule has 3 aromatic rings. The van der Waals surface area contributed by atoms with Crippen molar-refractivity contribution in [2.24, 2.45) is 5.92 Å². The van der Waals surface area contributed by atoms with Gasteiger partial charge < -0.3 is 0 Å². The normalized spacial score (nSPS) is 16.2. The van der Waals surface area contributed by atoms with E-state index in [1.807, 2.05) is 0 Å². The van der Waals surface area contributed by atoms with Crippen LogP contribution in [0.2, 0.25) is 0 Å². The molecule has 0 amide bonds. The standard InChI is InChI=1S/C28H21BF12/c30-25(31,32)17-1-9-21(10-2-17)29(22-11-3-18(4-12-22)26(33,34)35,23-13-5-19(6-14-23)27(36,37)38)24-15-7-20(8-16-24)28(39,40)41/h1-6,9-14,20H,7-8,15-16H2. The van der Waals surface area contributed by atoms with Crippen molar-refractivity contribution < 1.29 is 52.7 Å². The van der Waals surface area contributed by atoms with Crippen LogP contribution in [-0.4, -0.2) is 12.3 Å². The van der Waals surface area contributed by atoms with Crippen LogP contribution >= 0.6 is 0 Å². The molecule has 0 spiro atoms. The van der Waals surface area contributed by atoms with Crippen LogP contribution < -0.4 is 16.4 Å². The van der Waals surface area contributed by atoms with Gasteiger partial charge in [0, 0.05) is 12.8 Å². The van der Waals surface area contributed by atoms with E-state index in [1.54, 1.807) is 0 Å². The second kappa shape index (κ2) is 10.5. The average Bonchev–Trinajstić information content (AvgIpc) is 2.88. The Balaban J connectivity index is 1.97. The van der Waals surface area contributed by atoms with E-state index in [2.05, 4.69) is 0 Å². The summed E-state index contributed by atoms with van der Waals surface area (Å²) in [7, 11) is 0. The fraction of sp³-hybridized carbons (Fsp3) is 0.321.